The average Bonchev–Trinajstić information content (AvgIpc) is 2.66. The number of H-pyrrole nitrogens is 1. The van der Waals surface area contributed by atoms with Crippen molar-refractivity contribution >= 4 is 42.5 Å². The van der Waals surface area contributed by atoms with Crippen molar-refractivity contribution < 1.29 is 34.2 Å². The van der Waals surface area contributed by atoms with E-state index in [2.05, 4.69) is 9.17 Å². The van der Waals surface area contributed by atoms with Gasteiger partial charge >= 0.3 is 15.6 Å². The number of aromatic amines is 1. The third-order valence-corrected chi connectivity index (χ3v) is 7.08. The summed E-state index contributed by atoms with van der Waals surface area (Å²) < 4.78 is 89.0. The van der Waals surface area contributed by atoms with Crippen molar-refractivity contribution in [3.63, 3.8) is 0 Å². The number of rotatable bonds is 5. The molecular formula is C19H15ClF3NO6S2. The number of fused-ring (bicyclic) bond motifs is 1. The first-order valence-electron chi connectivity index (χ1n) is 8.75. The molecule has 0 aliphatic carbocycles. The number of aryl methyl sites for hydroxylation is 1. The van der Waals surface area contributed by atoms with Gasteiger partial charge in [-0.3, -0.25) is 4.79 Å². The molecule has 0 bridgehead atoms. The molecule has 0 atom stereocenters. The Hall–Kier alpha value is -2.57. The quantitative estimate of drug-likeness (QED) is 0.414. The maximum absolute atomic E-state index is 12.8. The number of aromatic nitrogens is 1. The van der Waals surface area contributed by atoms with Crippen LogP contribution >= 0.6 is 11.6 Å². The van der Waals surface area contributed by atoms with Gasteiger partial charge in [-0.1, -0.05) is 23.7 Å². The summed E-state index contributed by atoms with van der Waals surface area (Å²) in [4.78, 5) is 15.2. The van der Waals surface area contributed by atoms with Crippen molar-refractivity contribution in [1.29, 1.82) is 0 Å². The fourth-order valence-corrected chi connectivity index (χ4v) is 4.37. The van der Waals surface area contributed by atoms with Crippen LogP contribution in [0.1, 0.15) is 16.7 Å². The number of hydrogen-bond acceptors (Lipinski definition) is 6. The van der Waals surface area contributed by atoms with Crippen LogP contribution in [-0.2, 0) is 26.4 Å². The highest BCUT2D eigenvalue weighted by atomic mass is 35.5. The Morgan fingerprint density at radius 1 is 1.03 bits per heavy atom. The number of halogens is 4. The van der Waals surface area contributed by atoms with E-state index in [0.29, 0.717) is 5.56 Å². The van der Waals surface area contributed by atoms with Crippen molar-refractivity contribution in [3.05, 3.63) is 68.5 Å². The van der Waals surface area contributed by atoms with Crippen LogP contribution in [0.15, 0.2) is 46.1 Å². The number of benzene rings is 2. The normalized spacial score (nSPS) is 12.8. The molecule has 0 amide bonds. The van der Waals surface area contributed by atoms with E-state index in [9.17, 15) is 34.8 Å². The van der Waals surface area contributed by atoms with Gasteiger partial charge < -0.3 is 9.17 Å². The fourth-order valence-electron chi connectivity index (χ4n) is 3.07. The van der Waals surface area contributed by atoms with E-state index in [1.165, 1.54) is 31.2 Å². The summed E-state index contributed by atoms with van der Waals surface area (Å²) in [5.74, 6) is -0.649. The maximum atomic E-state index is 12.8. The Kier molecular flexibility index (Phi) is 6.09. The molecule has 0 aliphatic heterocycles. The zero-order chi connectivity index (χ0) is 24.1. The van der Waals surface area contributed by atoms with Crippen LogP contribution in [0.5, 0.6) is 5.75 Å². The van der Waals surface area contributed by atoms with Crippen LogP contribution in [0, 0.1) is 6.92 Å². The second-order valence-electron chi connectivity index (χ2n) is 6.93. The minimum Gasteiger partial charge on any atom is -0.375 e. The number of hydrogen-bond donors (Lipinski definition) is 1. The highest BCUT2D eigenvalue weighted by Gasteiger charge is 2.48. The minimum atomic E-state index is -5.96. The molecule has 0 saturated heterocycles. The first kappa shape index (κ1) is 24.1. The van der Waals surface area contributed by atoms with E-state index >= 15 is 0 Å². The zero-order valence-corrected chi connectivity index (χ0v) is 18.8. The summed E-state index contributed by atoms with van der Waals surface area (Å²) in [6.45, 7) is 1.42. The van der Waals surface area contributed by atoms with Crippen LogP contribution in [0.3, 0.4) is 0 Å². The summed E-state index contributed by atoms with van der Waals surface area (Å²) >= 11 is 6.05. The lowest BCUT2D eigenvalue weighted by molar-refractivity contribution is -0.0499. The molecule has 1 N–H and O–H groups in total. The molecule has 0 unspecified atom stereocenters. The van der Waals surface area contributed by atoms with Gasteiger partial charge in [-0.2, -0.15) is 21.6 Å². The largest absolute Gasteiger partial charge is 0.534 e. The molecule has 1 heterocycles. The molecule has 7 nitrogen and oxygen atoms in total. The highest BCUT2D eigenvalue weighted by molar-refractivity contribution is 7.90. The van der Waals surface area contributed by atoms with Crippen LogP contribution in [-0.4, -0.2) is 33.6 Å². The van der Waals surface area contributed by atoms with Gasteiger partial charge in [0.25, 0.3) is 5.56 Å². The average molecular weight is 510 g/mol. The van der Waals surface area contributed by atoms with Gasteiger partial charge in [0.05, 0.1) is 15.4 Å². The van der Waals surface area contributed by atoms with E-state index in [4.69, 9.17) is 11.6 Å². The molecule has 3 aromatic rings. The van der Waals surface area contributed by atoms with Gasteiger partial charge in [0.15, 0.2) is 15.6 Å². The summed E-state index contributed by atoms with van der Waals surface area (Å²) in [6.07, 6.45) is 1.03. The monoisotopic (exact) mass is 509 g/mol. The van der Waals surface area contributed by atoms with Crippen molar-refractivity contribution in [2.75, 3.05) is 6.26 Å². The lowest BCUT2D eigenvalue weighted by atomic mass is 9.98. The van der Waals surface area contributed by atoms with E-state index < -0.39 is 36.8 Å². The Morgan fingerprint density at radius 2 is 1.62 bits per heavy atom. The molecule has 0 radical (unpaired) electrons. The summed E-state index contributed by atoms with van der Waals surface area (Å²) in [5, 5.41) is -0.131. The van der Waals surface area contributed by atoms with Gasteiger partial charge in [-0.15, -0.1) is 0 Å². The first-order valence-corrected chi connectivity index (χ1v) is 12.4. The van der Waals surface area contributed by atoms with Crippen molar-refractivity contribution in [1.82, 2.24) is 4.98 Å². The number of sulfone groups is 1. The van der Waals surface area contributed by atoms with Crippen molar-refractivity contribution in [3.8, 4) is 5.75 Å². The molecule has 13 heteroatoms. The summed E-state index contributed by atoms with van der Waals surface area (Å²) in [7, 11) is -9.39. The SMILES string of the molecule is Cc1c(Cc2ccc(S(C)(=O)=O)cc2)c(=O)[nH]c2c(Cl)ccc(OS(=O)(=O)C(F)(F)F)c12. The highest BCUT2D eigenvalue weighted by Crippen LogP contribution is 2.36. The first-order chi connectivity index (χ1) is 14.6. The van der Waals surface area contributed by atoms with Gasteiger partial charge in [0, 0.05) is 23.6 Å². The third kappa shape index (κ3) is 4.62. The predicted octanol–water partition coefficient (Wildman–Crippen LogP) is 3.71. The van der Waals surface area contributed by atoms with E-state index in [-0.39, 0.29) is 38.4 Å². The van der Waals surface area contributed by atoms with Gasteiger partial charge in [-0.05, 0) is 42.3 Å². The Morgan fingerprint density at radius 3 is 2.16 bits per heavy atom. The van der Waals surface area contributed by atoms with Crippen molar-refractivity contribution in [2.24, 2.45) is 0 Å². The van der Waals surface area contributed by atoms with Crippen LogP contribution < -0.4 is 9.74 Å². The Bertz CT molecular complexity index is 1480. The maximum Gasteiger partial charge on any atom is 0.534 e. The second kappa shape index (κ2) is 8.09. The number of nitrogens with one attached hydrogen (secondary N) is 1. The lowest BCUT2D eigenvalue weighted by Gasteiger charge is -2.15. The van der Waals surface area contributed by atoms with Crippen LogP contribution in [0.2, 0.25) is 5.02 Å². The van der Waals surface area contributed by atoms with E-state index in [0.717, 1.165) is 18.4 Å². The standard InChI is InChI=1S/C19H15ClF3NO6S2/c1-10-13(9-11-3-5-12(6-4-11)31(2,26)27)18(25)24-17-14(20)7-8-15(16(10)17)30-32(28,29)19(21,22)23/h3-8H,9H2,1-2H3,(H,24,25). The topological polar surface area (TPSA) is 110 Å². The summed E-state index contributed by atoms with van der Waals surface area (Å²) in [5.41, 5.74) is -5.52. The van der Waals surface area contributed by atoms with Crippen LogP contribution in [0.4, 0.5) is 13.2 Å². The molecule has 0 saturated carbocycles. The molecule has 3 rings (SSSR count). The Labute approximate surface area is 185 Å². The van der Waals surface area contributed by atoms with Gasteiger partial charge in [0.2, 0.25) is 0 Å². The van der Waals surface area contributed by atoms with Gasteiger partial charge in [-0.25, -0.2) is 8.42 Å². The third-order valence-electron chi connectivity index (χ3n) is 4.67. The van der Waals surface area contributed by atoms with E-state index in [1.54, 1.807) is 0 Å². The van der Waals surface area contributed by atoms with Gasteiger partial charge in [0.1, 0.15) is 0 Å². The molecule has 32 heavy (non-hydrogen) atoms. The molecule has 0 aliphatic rings. The summed E-state index contributed by atoms with van der Waals surface area (Å²) in [6, 6.07) is 7.76. The lowest BCUT2D eigenvalue weighted by Crippen LogP contribution is -2.28. The number of alkyl halides is 3. The molecule has 1 aromatic heterocycles. The van der Waals surface area contributed by atoms with Crippen LogP contribution in [0.25, 0.3) is 10.9 Å². The smallest absolute Gasteiger partial charge is 0.375 e. The Balaban J connectivity index is 2.16. The zero-order valence-electron chi connectivity index (χ0n) is 16.4. The molecule has 0 spiro atoms. The van der Waals surface area contributed by atoms with Crippen molar-refractivity contribution in [2.45, 2.75) is 23.7 Å². The molecule has 0 fully saturated rings. The van der Waals surface area contributed by atoms with E-state index in [1.807, 2.05) is 0 Å². The molecule has 172 valence electrons. The fraction of sp³-hybridized carbons (Fsp3) is 0.211. The number of pyridine rings is 1. The molecular weight excluding hydrogens is 495 g/mol. The molecule has 2 aromatic carbocycles. The minimum absolute atomic E-state index is 0.0148. The predicted molar refractivity (Wildman–Crippen MR) is 112 cm³/mol. The second-order valence-corrected chi connectivity index (χ2v) is 10.9.